The van der Waals surface area contributed by atoms with Crippen LogP contribution in [-0.4, -0.2) is 23.1 Å². The van der Waals surface area contributed by atoms with Crippen LogP contribution in [0, 0.1) is 5.92 Å². The fourth-order valence-electron chi connectivity index (χ4n) is 2.28. The molecule has 1 aliphatic rings. The lowest BCUT2D eigenvalue weighted by atomic mass is 10.1. The van der Waals surface area contributed by atoms with Crippen LogP contribution in [-0.2, 0) is 9.59 Å². The quantitative estimate of drug-likeness (QED) is 0.407. The molecule has 0 radical (unpaired) electrons. The van der Waals surface area contributed by atoms with Crippen molar-refractivity contribution in [2.24, 2.45) is 10.9 Å². The van der Waals surface area contributed by atoms with E-state index in [0.29, 0.717) is 21.4 Å². The van der Waals surface area contributed by atoms with Crippen molar-refractivity contribution in [2.45, 2.75) is 0 Å². The van der Waals surface area contributed by atoms with Crippen LogP contribution >= 0.6 is 51.3 Å². The Morgan fingerprint density at radius 1 is 1.12 bits per heavy atom. The van der Waals surface area contributed by atoms with Gasteiger partial charge in [0.25, 0.3) is 5.91 Å². The van der Waals surface area contributed by atoms with Crippen molar-refractivity contribution in [3.05, 3.63) is 57.0 Å². The van der Waals surface area contributed by atoms with Crippen molar-refractivity contribution in [1.82, 2.24) is 5.32 Å². The molecule has 0 aliphatic carbocycles. The SMILES string of the molecule is O=C1NC(=S)N(c2ccc(Br)cc2)C(=O)[C@@H]1C=Nc1ccc(Cl)c(Cl)c1. The van der Waals surface area contributed by atoms with Gasteiger partial charge in [0.15, 0.2) is 11.0 Å². The molecule has 0 saturated carbocycles. The number of carbonyl (C=O) groups excluding carboxylic acids is 2. The number of rotatable bonds is 3. The lowest BCUT2D eigenvalue weighted by molar-refractivity contribution is -0.130. The number of amides is 2. The number of thiocarbonyl (C=S) groups is 1. The zero-order valence-corrected chi connectivity index (χ0v) is 16.9. The third kappa shape index (κ3) is 3.96. The fourth-order valence-corrected chi connectivity index (χ4v) is 3.14. The summed E-state index contributed by atoms with van der Waals surface area (Å²) in [4.78, 5) is 30.4. The van der Waals surface area contributed by atoms with Crippen molar-refractivity contribution in [2.75, 3.05) is 4.90 Å². The van der Waals surface area contributed by atoms with Crippen LogP contribution in [0.25, 0.3) is 0 Å². The van der Waals surface area contributed by atoms with Gasteiger partial charge < -0.3 is 5.32 Å². The Morgan fingerprint density at radius 3 is 2.46 bits per heavy atom. The average molecular weight is 471 g/mol. The van der Waals surface area contributed by atoms with E-state index in [4.69, 9.17) is 35.4 Å². The third-order valence-electron chi connectivity index (χ3n) is 3.56. The summed E-state index contributed by atoms with van der Waals surface area (Å²) < 4.78 is 0.860. The van der Waals surface area contributed by atoms with Crippen molar-refractivity contribution < 1.29 is 9.59 Å². The Bertz CT molecular complexity index is 934. The van der Waals surface area contributed by atoms with Crippen LogP contribution in [0.3, 0.4) is 0 Å². The van der Waals surface area contributed by atoms with E-state index in [2.05, 4.69) is 26.2 Å². The van der Waals surface area contributed by atoms with E-state index in [9.17, 15) is 9.59 Å². The molecule has 1 atom stereocenters. The molecular formula is C17H10BrCl2N3O2S. The molecule has 1 fully saturated rings. The largest absolute Gasteiger partial charge is 0.301 e. The zero-order chi connectivity index (χ0) is 18.8. The van der Waals surface area contributed by atoms with Crippen LogP contribution in [0.4, 0.5) is 11.4 Å². The van der Waals surface area contributed by atoms with E-state index in [1.165, 1.54) is 11.1 Å². The highest BCUT2D eigenvalue weighted by Crippen LogP contribution is 2.27. The molecule has 0 bridgehead atoms. The maximum absolute atomic E-state index is 12.8. The maximum atomic E-state index is 12.8. The number of hydrogen-bond acceptors (Lipinski definition) is 4. The Kier molecular flexibility index (Phi) is 5.72. The van der Waals surface area contributed by atoms with Gasteiger partial charge in [-0.2, -0.15) is 0 Å². The van der Waals surface area contributed by atoms with Gasteiger partial charge >= 0.3 is 0 Å². The minimum atomic E-state index is -1.11. The molecule has 2 aromatic rings. The molecule has 3 rings (SSSR count). The molecule has 1 saturated heterocycles. The molecule has 9 heteroatoms. The van der Waals surface area contributed by atoms with E-state index in [1.54, 1.807) is 42.5 Å². The lowest BCUT2D eigenvalue weighted by Gasteiger charge is -2.30. The summed E-state index contributed by atoms with van der Waals surface area (Å²) in [6.07, 6.45) is 1.27. The highest BCUT2D eigenvalue weighted by molar-refractivity contribution is 9.10. The van der Waals surface area contributed by atoms with Crippen LogP contribution in [0.15, 0.2) is 51.9 Å². The van der Waals surface area contributed by atoms with Gasteiger partial charge in [-0.1, -0.05) is 39.1 Å². The molecule has 26 heavy (non-hydrogen) atoms. The Hall–Kier alpha value is -1.80. The van der Waals surface area contributed by atoms with Gasteiger partial charge in [0, 0.05) is 10.7 Å². The Morgan fingerprint density at radius 2 is 1.81 bits per heavy atom. The molecule has 2 aromatic carbocycles. The van der Waals surface area contributed by atoms with Crippen LogP contribution in [0.1, 0.15) is 0 Å². The summed E-state index contributed by atoms with van der Waals surface area (Å²) in [5.74, 6) is -2.12. The molecule has 2 amide bonds. The number of halogens is 3. The Balaban J connectivity index is 1.88. The van der Waals surface area contributed by atoms with E-state index in [-0.39, 0.29) is 5.11 Å². The van der Waals surface area contributed by atoms with Gasteiger partial charge in [0.1, 0.15) is 0 Å². The number of nitrogens with zero attached hydrogens (tertiary/aromatic N) is 2. The first-order valence-electron chi connectivity index (χ1n) is 7.30. The van der Waals surface area contributed by atoms with Crippen molar-refractivity contribution in [3.8, 4) is 0 Å². The highest BCUT2D eigenvalue weighted by Gasteiger charge is 2.38. The molecule has 1 heterocycles. The number of carbonyl (C=O) groups is 2. The van der Waals surface area contributed by atoms with Gasteiger partial charge in [0.05, 0.1) is 21.4 Å². The van der Waals surface area contributed by atoms with Crippen LogP contribution < -0.4 is 10.2 Å². The highest BCUT2D eigenvalue weighted by atomic mass is 79.9. The molecule has 0 spiro atoms. The van der Waals surface area contributed by atoms with Crippen LogP contribution in [0.2, 0.25) is 10.0 Å². The van der Waals surface area contributed by atoms with Crippen molar-refractivity contribution in [1.29, 1.82) is 0 Å². The summed E-state index contributed by atoms with van der Waals surface area (Å²) in [6, 6.07) is 11.8. The monoisotopic (exact) mass is 469 g/mol. The summed E-state index contributed by atoms with van der Waals surface area (Å²) in [5.41, 5.74) is 1.03. The first-order chi connectivity index (χ1) is 12.4. The van der Waals surface area contributed by atoms with E-state index in [0.717, 1.165) is 4.47 Å². The number of anilines is 1. The Labute approximate surface area is 173 Å². The molecule has 5 nitrogen and oxygen atoms in total. The smallest absolute Gasteiger partial charge is 0.251 e. The first kappa shape index (κ1) is 19.0. The van der Waals surface area contributed by atoms with E-state index < -0.39 is 17.7 Å². The number of benzene rings is 2. The maximum Gasteiger partial charge on any atom is 0.251 e. The van der Waals surface area contributed by atoms with Gasteiger partial charge in [-0.05, 0) is 54.7 Å². The van der Waals surface area contributed by atoms with Gasteiger partial charge in [-0.25, -0.2) is 0 Å². The predicted octanol–water partition coefficient (Wildman–Crippen LogP) is 4.52. The zero-order valence-electron chi connectivity index (χ0n) is 12.9. The normalized spacial score (nSPS) is 17.7. The number of hydrogen-bond donors (Lipinski definition) is 1. The minimum Gasteiger partial charge on any atom is -0.301 e. The molecule has 0 unspecified atom stereocenters. The minimum absolute atomic E-state index is 0.0292. The second-order valence-electron chi connectivity index (χ2n) is 5.30. The summed E-state index contributed by atoms with van der Waals surface area (Å²) in [7, 11) is 0. The van der Waals surface area contributed by atoms with Crippen molar-refractivity contribution >= 4 is 85.9 Å². The van der Waals surface area contributed by atoms with E-state index in [1.807, 2.05) is 0 Å². The lowest BCUT2D eigenvalue weighted by Crippen LogP contribution is -2.58. The van der Waals surface area contributed by atoms with Gasteiger partial charge in [-0.15, -0.1) is 0 Å². The van der Waals surface area contributed by atoms with Crippen LogP contribution in [0.5, 0.6) is 0 Å². The summed E-state index contributed by atoms with van der Waals surface area (Å²) in [6.45, 7) is 0. The fraction of sp³-hybridized carbons (Fsp3) is 0.0588. The standard InChI is InChI=1S/C17H10BrCl2N3O2S/c18-9-1-4-11(5-2-9)23-16(25)12(15(24)22-17(23)26)8-21-10-3-6-13(19)14(20)7-10/h1-8,12H,(H,22,24,26)/t12-/m1/s1. The molecule has 1 aliphatic heterocycles. The van der Waals surface area contributed by atoms with Gasteiger partial charge in [0.2, 0.25) is 5.91 Å². The topological polar surface area (TPSA) is 61.8 Å². The molecule has 0 aromatic heterocycles. The van der Waals surface area contributed by atoms with E-state index >= 15 is 0 Å². The second kappa shape index (κ2) is 7.84. The first-order valence-corrected chi connectivity index (χ1v) is 9.26. The van der Waals surface area contributed by atoms with Crippen molar-refractivity contribution in [3.63, 3.8) is 0 Å². The second-order valence-corrected chi connectivity index (χ2v) is 7.42. The number of aliphatic imine (C=N–C) groups is 1. The third-order valence-corrected chi connectivity index (χ3v) is 5.12. The molecule has 1 N–H and O–H groups in total. The number of nitrogens with one attached hydrogen (secondary N) is 1. The average Bonchev–Trinajstić information content (AvgIpc) is 2.59. The molecular weight excluding hydrogens is 461 g/mol. The summed E-state index contributed by atoms with van der Waals surface area (Å²) >= 11 is 20.3. The molecule has 132 valence electrons. The van der Waals surface area contributed by atoms with Gasteiger partial charge in [-0.3, -0.25) is 19.5 Å². The summed E-state index contributed by atoms with van der Waals surface area (Å²) in [5, 5.41) is 3.28. The predicted molar refractivity (Wildman–Crippen MR) is 110 cm³/mol.